The molecular formula is C19H27NO. The number of aliphatic hydroxyl groups is 1. The summed E-state index contributed by atoms with van der Waals surface area (Å²) in [4.78, 5) is 0. The van der Waals surface area contributed by atoms with E-state index >= 15 is 0 Å². The second-order valence-electron chi connectivity index (χ2n) is 5.75. The van der Waals surface area contributed by atoms with Crippen LogP contribution < -0.4 is 5.32 Å². The largest absolute Gasteiger partial charge is 0.393 e. The fraction of sp³-hybridized carbons (Fsp3) is 0.474. The summed E-state index contributed by atoms with van der Waals surface area (Å²) in [6, 6.07) is 14.7. The monoisotopic (exact) mass is 285 g/mol. The molecule has 0 saturated heterocycles. The Hall–Kier alpha value is -1.54. The van der Waals surface area contributed by atoms with E-state index in [-0.39, 0.29) is 6.10 Å². The molecule has 0 bridgehead atoms. The minimum atomic E-state index is -0.177. The molecule has 2 aromatic carbocycles. The number of hydrogen-bond acceptors (Lipinski definition) is 2. The summed E-state index contributed by atoms with van der Waals surface area (Å²) >= 11 is 0. The molecule has 2 N–H and O–H groups in total. The molecule has 21 heavy (non-hydrogen) atoms. The Kier molecular flexibility index (Phi) is 6.55. The van der Waals surface area contributed by atoms with Crippen molar-refractivity contribution in [3.05, 3.63) is 42.5 Å². The van der Waals surface area contributed by atoms with Crippen molar-refractivity contribution < 1.29 is 5.11 Å². The van der Waals surface area contributed by atoms with Crippen LogP contribution in [0.2, 0.25) is 0 Å². The topological polar surface area (TPSA) is 32.3 Å². The Bertz CT molecular complexity index is 533. The van der Waals surface area contributed by atoms with Gasteiger partial charge in [0.05, 0.1) is 6.10 Å². The first-order valence-corrected chi connectivity index (χ1v) is 8.21. The third kappa shape index (κ3) is 5.05. The van der Waals surface area contributed by atoms with Crippen molar-refractivity contribution in [3.63, 3.8) is 0 Å². The van der Waals surface area contributed by atoms with Crippen molar-refractivity contribution in [1.29, 1.82) is 0 Å². The number of nitrogens with one attached hydrogen (secondary N) is 1. The number of unbranched alkanes of at least 4 members (excludes halogenated alkanes) is 3. The first kappa shape index (κ1) is 15.8. The molecule has 1 atom stereocenters. The summed E-state index contributed by atoms with van der Waals surface area (Å²) in [6.07, 6.45) is 6.48. The van der Waals surface area contributed by atoms with Gasteiger partial charge in [0.25, 0.3) is 0 Å². The SMILES string of the molecule is CCCCCCC(O)CCNc1cccc2ccccc12. The number of benzene rings is 2. The maximum atomic E-state index is 10.00. The van der Waals surface area contributed by atoms with Gasteiger partial charge in [-0.3, -0.25) is 0 Å². The zero-order valence-corrected chi connectivity index (χ0v) is 13.0. The van der Waals surface area contributed by atoms with Gasteiger partial charge in [0.2, 0.25) is 0 Å². The van der Waals surface area contributed by atoms with Crippen LogP contribution in [0.25, 0.3) is 10.8 Å². The predicted molar refractivity (Wildman–Crippen MR) is 91.8 cm³/mol. The minimum absolute atomic E-state index is 0.177. The smallest absolute Gasteiger partial charge is 0.0557 e. The Morgan fingerprint density at radius 2 is 1.76 bits per heavy atom. The molecule has 2 rings (SSSR count). The highest BCUT2D eigenvalue weighted by Crippen LogP contribution is 2.23. The van der Waals surface area contributed by atoms with E-state index in [1.807, 2.05) is 0 Å². The van der Waals surface area contributed by atoms with Crippen LogP contribution in [0.15, 0.2) is 42.5 Å². The van der Waals surface area contributed by atoms with Gasteiger partial charge in [-0.15, -0.1) is 0 Å². The van der Waals surface area contributed by atoms with E-state index in [9.17, 15) is 5.11 Å². The van der Waals surface area contributed by atoms with Crippen LogP contribution in [0.5, 0.6) is 0 Å². The predicted octanol–water partition coefficient (Wildman–Crippen LogP) is 4.97. The first-order chi connectivity index (χ1) is 10.3. The van der Waals surface area contributed by atoms with Crippen LogP contribution >= 0.6 is 0 Å². The van der Waals surface area contributed by atoms with Gasteiger partial charge < -0.3 is 10.4 Å². The molecule has 0 heterocycles. The molecule has 1 unspecified atom stereocenters. The zero-order chi connectivity index (χ0) is 14.9. The number of rotatable bonds is 9. The van der Waals surface area contributed by atoms with E-state index in [0.29, 0.717) is 0 Å². The molecule has 0 spiro atoms. The van der Waals surface area contributed by atoms with Crippen LogP contribution in [0.4, 0.5) is 5.69 Å². The lowest BCUT2D eigenvalue weighted by Crippen LogP contribution is -2.13. The van der Waals surface area contributed by atoms with Crippen LogP contribution in [0.1, 0.15) is 45.4 Å². The van der Waals surface area contributed by atoms with Crippen molar-refractivity contribution in [2.75, 3.05) is 11.9 Å². The lowest BCUT2D eigenvalue weighted by Gasteiger charge is -2.13. The third-order valence-corrected chi connectivity index (χ3v) is 3.97. The van der Waals surface area contributed by atoms with Crippen molar-refractivity contribution in [3.8, 4) is 0 Å². The van der Waals surface area contributed by atoms with Gasteiger partial charge in [0, 0.05) is 17.6 Å². The van der Waals surface area contributed by atoms with Gasteiger partial charge in [-0.05, 0) is 24.3 Å². The molecule has 0 fully saturated rings. The van der Waals surface area contributed by atoms with Crippen molar-refractivity contribution in [1.82, 2.24) is 0 Å². The third-order valence-electron chi connectivity index (χ3n) is 3.97. The van der Waals surface area contributed by atoms with Gasteiger partial charge in [0.15, 0.2) is 0 Å². The van der Waals surface area contributed by atoms with E-state index in [1.165, 1.54) is 30.0 Å². The van der Waals surface area contributed by atoms with E-state index in [0.717, 1.165) is 31.5 Å². The van der Waals surface area contributed by atoms with Crippen LogP contribution in [0.3, 0.4) is 0 Å². The molecule has 114 valence electrons. The molecular weight excluding hydrogens is 258 g/mol. The van der Waals surface area contributed by atoms with Crippen molar-refractivity contribution in [2.45, 2.75) is 51.6 Å². The Morgan fingerprint density at radius 1 is 0.952 bits per heavy atom. The normalized spacial score (nSPS) is 12.5. The second kappa shape index (κ2) is 8.68. The van der Waals surface area contributed by atoms with Gasteiger partial charge in [-0.2, -0.15) is 0 Å². The van der Waals surface area contributed by atoms with Gasteiger partial charge in [-0.25, -0.2) is 0 Å². The quantitative estimate of drug-likeness (QED) is 0.637. The zero-order valence-electron chi connectivity index (χ0n) is 13.0. The highest BCUT2D eigenvalue weighted by Gasteiger charge is 2.04. The standard InChI is InChI=1S/C19H27NO/c1-2-3-4-5-11-17(21)14-15-20-19-13-8-10-16-9-6-7-12-18(16)19/h6-10,12-13,17,20-21H,2-5,11,14-15H2,1H3. The lowest BCUT2D eigenvalue weighted by molar-refractivity contribution is 0.154. The highest BCUT2D eigenvalue weighted by molar-refractivity contribution is 5.93. The van der Waals surface area contributed by atoms with E-state index < -0.39 is 0 Å². The fourth-order valence-electron chi connectivity index (χ4n) is 2.70. The molecule has 2 heteroatoms. The summed E-state index contributed by atoms with van der Waals surface area (Å²) < 4.78 is 0. The van der Waals surface area contributed by atoms with E-state index in [1.54, 1.807) is 0 Å². The Balaban J connectivity index is 1.77. The molecule has 0 aliphatic carbocycles. The molecule has 2 nitrogen and oxygen atoms in total. The summed E-state index contributed by atoms with van der Waals surface area (Å²) in [5.41, 5.74) is 1.16. The molecule has 0 radical (unpaired) electrons. The minimum Gasteiger partial charge on any atom is -0.393 e. The Labute approximate surface area is 128 Å². The molecule has 0 aliphatic heterocycles. The van der Waals surface area contributed by atoms with Crippen LogP contribution in [-0.2, 0) is 0 Å². The van der Waals surface area contributed by atoms with Crippen LogP contribution in [0, 0.1) is 0 Å². The van der Waals surface area contributed by atoms with E-state index in [2.05, 4.69) is 54.7 Å². The molecule has 0 amide bonds. The van der Waals surface area contributed by atoms with Gasteiger partial charge >= 0.3 is 0 Å². The summed E-state index contributed by atoms with van der Waals surface area (Å²) in [6.45, 7) is 3.04. The average molecular weight is 285 g/mol. The van der Waals surface area contributed by atoms with E-state index in [4.69, 9.17) is 0 Å². The maximum absolute atomic E-state index is 10.00. The molecule has 2 aromatic rings. The first-order valence-electron chi connectivity index (χ1n) is 8.21. The Morgan fingerprint density at radius 3 is 2.62 bits per heavy atom. The number of aliphatic hydroxyl groups excluding tert-OH is 1. The molecule has 0 aromatic heterocycles. The lowest BCUT2D eigenvalue weighted by atomic mass is 10.1. The summed E-state index contributed by atoms with van der Waals surface area (Å²) in [5, 5.41) is 16.0. The summed E-state index contributed by atoms with van der Waals surface area (Å²) in [5.74, 6) is 0. The second-order valence-corrected chi connectivity index (χ2v) is 5.75. The number of hydrogen-bond donors (Lipinski definition) is 2. The van der Waals surface area contributed by atoms with Gasteiger partial charge in [0.1, 0.15) is 0 Å². The van der Waals surface area contributed by atoms with Gasteiger partial charge in [-0.1, -0.05) is 69.0 Å². The number of anilines is 1. The maximum Gasteiger partial charge on any atom is 0.0557 e. The molecule has 0 aliphatic rings. The molecule has 0 saturated carbocycles. The van der Waals surface area contributed by atoms with Crippen molar-refractivity contribution in [2.24, 2.45) is 0 Å². The average Bonchev–Trinajstić information content (AvgIpc) is 2.52. The fourth-order valence-corrected chi connectivity index (χ4v) is 2.70. The summed E-state index contributed by atoms with van der Waals surface area (Å²) in [7, 11) is 0. The highest BCUT2D eigenvalue weighted by atomic mass is 16.3. The van der Waals surface area contributed by atoms with Crippen molar-refractivity contribution >= 4 is 16.5 Å². The van der Waals surface area contributed by atoms with Crippen LogP contribution in [-0.4, -0.2) is 17.8 Å². The number of fused-ring (bicyclic) bond motifs is 1.